The lowest BCUT2D eigenvalue weighted by Crippen LogP contribution is -2.37. The molecule has 9 heteroatoms. The molecule has 0 bridgehead atoms. The summed E-state index contributed by atoms with van der Waals surface area (Å²) in [6, 6.07) is 14.8. The Hall–Kier alpha value is -3.53. The Balaban J connectivity index is 1.29. The van der Waals surface area contributed by atoms with Crippen molar-refractivity contribution >= 4 is 17.4 Å². The second-order valence-electron chi connectivity index (χ2n) is 8.56. The highest BCUT2D eigenvalue weighted by molar-refractivity contribution is 5.93. The van der Waals surface area contributed by atoms with Gasteiger partial charge in [0, 0.05) is 42.0 Å². The quantitative estimate of drug-likeness (QED) is 0.454. The first kappa shape index (κ1) is 23.2. The number of carbonyl (C=O) groups is 1. The standard InChI is InChI=1S/C26H29N5O4/c27-24(32)18-5-7-20(8-6-18)28-26-22-16-34-17-23(22)29-25(30-26)19-3-1-4-21(15-19)35-12-2-9-31-10-13-33-14-11-31/h1,3-8,15H,2,9-14,16-17H2,(H2,27,32)(H,28,29,30). The molecule has 3 aromatic rings. The number of ether oxygens (including phenoxy) is 3. The van der Waals surface area contributed by atoms with E-state index in [1.54, 1.807) is 24.3 Å². The smallest absolute Gasteiger partial charge is 0.248 e. The molecule has 35 heavy (non-hydrogen) atoms. The van der Waals surface area contributed by atoms with Crippen LogP contribution in [0.3, 0.4) is 0 Å². The summed E-state index contributed by atoms with van der Waals surface area (Å²) in [4.78, 5) is 23.3. The molecule has 0 aliphatic carbocycles. The van der Waals surface area contributed by atoms with E-state index in [0.29, 0.717) is 37.0 Å². The van der Waals surface area contributed by atoms with Gasteiger partial charge >= 0.3 is 0 Å². The van der Waals surface area contributed by atoms with E-state index in [1.807, 2.05) is 24.3 Å². The minimum atomic E-state index is -0.460. The molecule has 1 fully saturated rings. The summed E-state index contributed by atoms with van der Waals surface area (Å²) in [7, 11) is 0. The maximum Gasteiger partial charge on any atom is 0.248 e. The molecule has 1 aromatic heterocycles. The lowest BCUT2D eigenvalue weighted by molar-refractivity contribution is 0.0358. The first-order chi connectivity index (χ1) is 17.2. The third kappa shape index (κ3) is 5.76. The van der Waals surface area contributed by atoms with Crippen molar-refractivity contribution in [2.45, 2.75) is 19.6 Å². The molecule has 0 spiro atoms. The number of aromatic nitrogens is 2. The van der Waals surface area contributed by atoms with Crippen LogP contribution in [0, 0.1) is 0 Å². The van der Waals surface area contributed by atoms with E-state index in [0.717, 1.165) is 67.5 Å². The van der Waals surface area contributed by atoms with Gasteiger partial charge in [0.25, 0.3) is 0 Å². The van der Waals surface area contributed by atoms with Gasteiger partial charge in [-0.15, -0.1) is 0 Å². The van der Waals surface area contributed by atoms with Gasteiger partial charge in [0.05, 0.1) is 38.7 Å². The van der Waals surface area contributed by atoms with E-state index in [2.05, 4.69) is 10.2 Å². The van der Waals surface area contributed by atoms with Crippen LogP contribution >= 0.6 is 0 Å². The van der Waals surface area contributed by atoms with Crippen molar-refractivity contribution in [1.29, 1.82) is 0 Å². The molecule has 9 nitrogen and oxygen atoms in total. The lowest BCUT2D eigenvalue weighted by Gasteiger charge is -2.26. The Morgan fingerprint density at radius 1 is 1.06 bits per heavy atom. The predicted octanol–water partition coefficient (Wildman–Crippen LogP) is 3.12. The number of carbonyl (C=O) groups excluding carboxylic acids is 1. The average molecular weight is 476 g/mol. The molecule has 1 amide bonds. The Kier molecular flexibility index (Phi) is 7.17. The molecule has 2 aromatic carbocycles. The fourth-order valence-corrected chi connectivity index (χ4v) is 4.17. The summed E-state index contributed by atoms with van der Waals surface area (Å²) in [5.74, 6) is 1.62. The number of benzene rings is 2. The molecule has 0 unspecified atom stereocenters. The van der Waals surface area contributed by atoms with Crippen LogP contribution in [0.4, 0.5) is 11.5 Å². The van der Waals surface area contributed by atoms with Gasteiger partial charge in [-0.1, -0.05) is 12.1 Å². The number of hydrogen-bond acceptors (Lipinski definition) is 8. The molecule has 0 saturated carbocycles. The minimum absolute atomic E-state index is 0.442. The summed E-state index contributed by atoms with van der Waals surface area (Å²) in [5, 5.41) is 3.34. The number of amides is 1. The average Bonchev–Trinajstić information content (AvgIpc) is 3.37. The van der Waals surface area contributed by atoms with Gasteiger partial charge in [0.2, 0.25) is 5.91 Å². The molecule has 5 rings (SSSR count). The monoisotopic (exact) mass is 475 g/mol. The summed E-state index contributed by atoms with van der Waals surface area (Å²) in [6.07, 6.45) is 0.958. The molecule has 3 heterocycles. The third-order valence-electron chi connectivity index (χ3n) is 6.09. The number of anilines is 2. The second kappa shape index (κ2) is 10.8. The summed E-state index contributed by atoms with van der Waals surface area (Å²) >= 11 is 0. The van der Waals surface area contributed by atoms with Gasteiger partial charge in [-0.25, -0.2) is 9.97 Å². The molecular weight excluding hydrogens is 446 g/mol. The Bertz CT molecular complexity index is 1180. The number of nitrogens with zero attached hydrogens (tertiary/aromatic N) is 3. The normalized spacial score (nSPS) is 15.5. The second-order valence-corrected chi connectivity index (χ2v) is 8.56. The van der Waals surface area contributed by atoms with Gasteiger partial charge in [-0.2, -0.15) is 0 Å². The van der Waals surface area contributed by atoms with E-state index in [4.69, 9.17) is 29.9 Å². The van der Waals surface area contributed by atoms with E-state index in [-0.39, 0.29) is 0 Å². The summed E-state index contributed by atoms with van der Waals surface area (Å²) in [6.45, 7) is 6.14. The maximum atomic E-state index is 11.4. The first-order valence-electron chi connectivity index (χ1n) is 11.8. The van der Waals surface area contributed by atoms with E-state index in [9.17, 15) is 4.79 Å². The fourth-order valence-electron chi connectivity index (χ4n) is 4.17. The van der Waals surface area contributed by atoms with Gasteiger partial charge in [0.15, 0.2) is 5.82 Å². The number of fused-ring (bicyclic) bond motifs is 1. The van der Waals surface area contributed by atoms with Crippen molar-refractivity contribution in [3.63, 3.8) is 0 Å². The molecule has 0 atom stereocenters. The van der Waals surface area contributed by atoms with E-state index >= 15 is 0 Å². The Morgan fingerprint density at radius 2 is 1.89 bits per heavy atom. The Labute approximate surface area is 204 Å². The van der Waals surface area contributed by atoms with Crippen molar-refractivity contribution in [3.8, 4) is 17.1 Å². The summed E-state index contributed by atoms with van der Waals surface area (Å²) in [5.41, 5.74) is 9.27. The lowest BCUT2D eigenvalue weighted by atomic mass is 10.1. The maximum absolute atomic E-state index is 11.4. The largest absolute Gasteiger partial charge is 0.494 e. The van der Waals surface area contributed by atoms with Gasteiger partial charge < -0.3 is 25.3 Å². The van der Waals surface area contributed by atoms with Crippen LogP contribution in [0.1, 0.15) is 28.0 Å². The molecule has 2 aliphatic rings. The predicted molar refractivity (Wildman–Crippen MR) is 132 cm³/mol. The Morgan fingerprint density at radius 3 is 2.69 bits per heavy atom. The van der Waals surface area contributed by atoms with Crippen LogP contribution in [0.25, 0.3) is 11.4 Å². The van der Waals surface area contributed by atoms with Crippen LogP contribution in [0.5, 0.6) is 5.75 Å². The highest BCUT2D eigenvalue weighted by atomic mass is 16.5. The van der Waals surface area contributed by atoms with Crippen molar-refractivity contribution in [2.24, 2.45) is 5.73 Å². The van der Waals surface area contributed by atoms with Gasteiger partial charge in [-0.3, -0.25) is 9.69 Å². The van der Waals surface area contributed by atoms with Crippen LogP contribution in [-0.4, -0.2) is 60.2 Å². The fraction of sp³-hybridized carbons (Fsp3) is 0.346. The molecular formula is C26H29N5O4. The zero-order valence-electron chi connectivity index (χ0n) is 19.5. The zero-order chi connectivity index (χ0) is 24.0. The highest BCUT2D eigenvalue weighted by Gasteiger charge is 2.21. The molecule has 3 N–H and O–H groups in total. The SMILES string of the molecule is NC(=O)c1ccc(Nc2nc(-c3cccc(OCCCN4CCOCC4)c3)nc3c2COC3)cc1. The number of hydrogen-bond donors (Lipinski definition) is 2. The van der Waals surface area contributed by atoms with Crippen LogP contribution < -0.4 is 15.8 Å². The van der Waals surface area contributed by atoms with Gasteiger partial charge in [0.1, 0.15) is 11.6 Å². The van der Waals surface area contributed by atoms with Crippen molar-refractivity contribution in [2.75, 3.05) is 44.8 Å². The topological polar surface area (TPSA) is 112 Å². The van der Waals surface area contributed by atoms with Crippen LogP contribution in [-0.2, 0) is 22.7 Å². The van der Waals surface area contributed by atoms with Crippen molar-refractivity contribution < 1.29 is 19.0 Å². The van der Waals surface area contributed by atoms with Crippen molar-refractivity contribution in [3.05, 3.63) is 65.4 Å². The first-order valence-corrected chi connectivity index (χ1v) is 11.8. The molecule has 182 valence electrons. The molecule has 1 saturated heterocycles. The van der Waals surface area contributed by atoms with Gasteiger partial charge in [-0.05, 0) is 42.8 Å². The zero-order valence-corrected chi connectivity index (χ0v) is 19.5. The number of rotatable bonds is 9. The van der Waals surface area contributed by atoms with E-state index in [1.165, 1.54) is 0 Å². The molecule has 2 aliphatic heterocycles. The van der Waals surface area contributed by atoms with Crippen LogP contribution in [0.2, 0.25) is 0 Å². The highest BCUT2D eigenvalue weighted by Crippen LogP contribution is 2.31. The van der Waals surface area contributed by atoms with Crippen molar-refractivity contribution in [1.82, 2.24) is 14.9 Å². The number of primary amides is 1. The van der Waals surface area contributed by atoms with Crippen LogP contribution in [0.15, 0.2) is 48.5 Å². The molecule has 0 radical (unpaired) electrons. The number of nitrogens with one attached hydrogen (secondary N) is 1. The summed E-state index contributed by atoms with van der Waals surface area (Å²) < 4.78 is 17.0. The van der Waals surface area contributed by atoms with E-state index < -0.39 is 5.91 Å². The third-order valence-corrected chi connectivity index (χ3v) is 6.09. The number of nitrogens with two attached hydrogens (primary N) is 1. The minimum Gasteiger partial charge on any atom is -0.494 e. The number of morpholine rings is 1.